The predicted molar refractivity (Wildman–Crippen MR) is 105 cm³/mol. The van der Waals surface area contributed by atoms with Crippen molar-refractivity contribution in [1.82, 2.24) is 9.97 Å². The lowest BCUT2D eigenvalue weighted by Gasteiger charge is -2.08. The van der Waals surface area contributed by atoms with Crippen LogP contribution >= 0.6 is 11.3 Å². The number of nitrogens with one attached hydrogen (secondary N) is 1. The van der Waals surface area contributed by atoms with Gasteiger partial charge in [-0.25, -0.2) is 28.3 Å². The smallest absolute Gasteiger partial charge is 0.348 e. The second-order valence-electron chi connectivity index (χ2n) is 5.78. The molecule has 148 valence electrons. The summed E-state index contributed by atoms with van der Waals surface area (Å²) in [6.07, 6.45) is 1.39. The van der Waals surface area contributed by atoms with E-state index < -0.39 is 16.0 Å². The molecule has 28 heavy (non-hydrogen) atoms. The molecule has 0 aliphatic carbocycles. The SMILES string of the molecule is COCCOC(=O)c1sc2ncnc(Nc3ccc(S(N)(=O)=O)cc3)c2c1C. The van der Waals surface area contributed by atoms with Gasteiger partial charge >= 0.3 is 5.97 Å². The molecule has 0 aliphatic rings. The van der Waals surface area contributed by atoms with Crippen LogP contribution in [-0.4, -0.2) is 44.7 Å². The van der Waals surface area contributed by atoms with Gasteiger partial charge < -0.3 is 14.8 Å². The Hall–Kier alpha value is -2.60. The van der Waals surface area contributed by atoms with Gasteiger partial charge in [0.1, 0.15) is 28.5 Å². The van der Waals surface area contributed by atoms with Crippen molar-refractivity contribution in [3.8, 4) is 0 Å². The fourth-order valence-corrected chi connectivity index (χ4v) is 4.07. The van der Waals surface area contributed by atoms with Gasteiger partial charge in [0, 0.05) is 12.8 Å². The molecule has 0 atom stereocenters. The van der Waals surface area contributed by atoms with E-state index >= 15 is 0 Å². The number of hydrogen-bond donors (Lipinski definition) is 2. The molecule has 2 heterocycles. The normalized spacial score (nSPS) is 11.5. The van der Waals surface area contributed by atoms with Crippen LogP contribution in [0.5, 0.6) is 0 Å². The lowest BCUT2D eigenvalue weighted by molar-refractivity contribution is 0.0393. The number of aryl methyl sites for hydroxylation is 1. The van der Waals surface area contributed by atoms with Crippen molar-refractivity contribution < 1.29 is 22.7 Å². The van der Waals surface area contributed by atoms with Crippen LogP contribution in [0.1, 0.15) is 15.2 Å². The molecule has 3 rings (SSSR count). The average molecular weight is 422 g/mol. The number of thiophene rings is 1. The first-order valence-corrected chi connectivity index (χ1v) is 10.5. The maximum Gasteiger partial charge on any atom is 0.348 e. The van der Waals surface area contributed by atoms with Crippen LogP contribution in [0.15, 0.2) is 35.5 Å². The van der Waals surface area contributed by atoms with E-state index in [1.54, 1.807) is 19.1 Å². The number of esters is 1. The topological polar surface area (TPSA) is 134 Å². The molecule has 3 aromatic rings. The average Bonchev–Trinajstić information content (AvgIpc) is 2.99. The molecule has 0 radical (unpaired) electrons. The van der Waals surface area contributed by atoms with Gasteiger partial charge in [0.15, 0.2) is 0 Å². The second-order valence-corrected chi connectivity index (χ2v) is 8.34. The summed E-state index contributed by atoms with van der Waals surface area (Å²) >= 11 is 1.22. The lowest BCUT2D eigenvalue weighted by atomic mass is 10.2. The van der Waals surface area contributed by atoms with Crippen molar-refractivity contribution in [1.29, 1.82) is 0 Å². The fraction of sp³-hybridized carbons (Fsp3) is 0.235. The van der Waals surface area contributed by atoms with Crippen LogP contribution in [-0.2, 0) is 19.5 Å². The molecule has 0 bridgehead atoms. The fourth-order valence-electron chi connectivity index (χ4n) is 2.51. The van der Waals surface area contributed by atoms with E-state index in [1.165, 1.54) is 36.9 Å². The van der Waals surface area contributed by atoms with Crippen molar-refractivity contribution in [2.75, 3.05) is 25.6 Å². The summed E-state index contributed by atoms with van der Waals surface area (Å²) in [4.78, 5) is 21.9. The summed E-state index contributed by atoms with van der Waals surface area (Å²) < 4.78 is 32.8. The minimum absolute atomic E-state index is 0.0127. The summed E-state index contributed by atoms with van der Waals surface area (Å²) in [6.45, 7) is 2.28. The monoisotopic (exact) mass is 422 g/mol. The number of ether oxygens (including phenoxy) is 2. The molecule has 11 heteroatoms. The van der Waals surface area contributed by atoms with Gasteiger partial charge in [0.05, 0.1) is 16.9 Å². The third-order valence-corrected chi connectivity index (χ3v) is 5.99. The van der Waals surface area contributed by atoms with Crippen molar-refractivity contribution >= 4 is 49.1 Å². The van der Waals surface area contributed by atoms with Crippen LogP contribution in [0.3, 0.4) is 0 Å². The lowest BCUT2D eigenvalue weighted by Crippen LogP contribution is -2.11. The first kappa shape index (κ1) is 20.1. The molecule has 0 saturated heterocycles. The standard InChI is InChI=1S/C17H18N4O5S2/c1-10-13-15(21-11-3-5-12(6-4-11)28(18,23)24)19-9-20-16(13)27-14(10)17(22)26-8-7-25-2/h3-6,9H,7-8H2,1-2H3,(H2,18,23,24)(H,19,20,21). The maximum absolute atomic E-state index is 12.3. The Kier molecular flexibility index (Phi) is 5.89. The highest BCUT2D eigenvalue weighted by Crippen LogP contribution is 2.34. The van der Waals surface area contributed by atoms with Crippen LogP contribution in [0, 0.1) is 6.92 Å². The number of aromatic nitrogens is 2. The summed E-state index contributed by atoms with van der Waals surface area (Å²) in [7, 11) is -2.23. The van der Waals surface area contributed by atoms with E-state index in [0.717, 1.165) is 0 Å². The number of nitrogens with two attached hydrogens (primary N) is 1. The van der Waals surface area contributed by atoms with E-state index in [-0.39, 0.29) is 11.5 Å². The summed E-state index contributed by atoms with van der Waals surface area (Å²) in [5.41, 5.74) is 1.31. The number of hydrogen-bond acceptors (Lipinski definition) is 9. The number of nitrogens with zero attached hydrogens (tertiary/aromatic N) is 2. The summed E-state index contributed by atoms with van der Waals surface area (Å²) in [6, 6.07) is 5.95. The van der Waals surface area contributed by atoms with E-state index in [9.17, 15) is 13.2 Å². The Morgan fingerprint density at radius 2 is 1.93 bits per heavy atom. The molecule has 2 aromatic heterocycles. The minimum Gasteiger partial charge on any atom is -0.459 e. The zero-order chi connectivity index (χ0) is 20.3. The van der Waals surface area contributed by atoms with Gasteiger partial charge in [-0.3, -0.25) is 0 Å². The molecular weight excluding hydrogens is 404 g/mol. The Labute approximate surface area is 165 Å². The molecule has 0 unspecified atom stereocenters. The number of fused-ring (bicyclic) bond motifs is 1. The Morgan fingerprint density at radius 3 is 2.57 bits per heavy atom. The first-order valence-electron chi connectivity index (χ1n) is 8.11. The molecule has 0 saturated carbocycles. The van der Waals surface area contributed by atoms with Crippen molar-refractivity contribution in [2.45, 2.75) is 11.8 Å². The number of sulfonamides is 1. The Bertz CT molecular complexity index is 1110. The van der Waals surface area contributed by atoms with Gasteiger partial charge in [0.2, 0.25) is 10.0 Å². The van der Waals surface area contributed by atoms with Crippen molar-refractivity contribution in [2.24, 2.45) is 5.14 Å². The van der Waals surface area contributed by atoms with Gasteiger partial charge in [-0.05, 0) is 36.8 Å². The number of rotatable bonds is 7. The molecule has 0 amide bonds. The second kappa shape index (κ2) is 8.19. The van der Waals surface area contributed by atoms with E-state index in [2.05, 4.69) is 15.3 Å². The van der Waals surface area contributed by atoms with Crippen LogP contribution in [0.2, 0.25) is 0 Å². The highest BCUT2D eigenvalue weighted by atomic mass is 32.2. The molecular formula is C17H18N4O5S2. The van der Waals surface area contributed by atoms with E-state index in [1.807, 2.05) is 0 Å². The van der Waals surface area contributed by atoms with Gasteiger partial charge in [-0.15, -0.1) is 11.3 Å². The third kappa shape index (κ3) is 4.28. The number of benzene rings is 1. The number of primary sulfonamides is 1. The zero-order valence-electron chi connectivity index (χ0n) is 15.1. The van der Waals surface area contributed by atoms with Crippen LogP contribution in [0.4, 0.5) is 11.5 Å². The van der Waals surface area contributed by atoms with Crippen molar-refractivity contribution in [3.63, 3.8) is 0 Å². The zero-order valence-corrected chi connectivity index (χ0v) is 16.8. The maximum atomic E-state index is 12.3. The first-order chi connectivity index (χ1) is 13.3. The highest BCUT2D eigenvalue weighted by molar-refractivity contribution is 7.89. The van der Waals surface area contributed by atoms with Crippen LogP contribution in [0.25, 0.3) is 10.2 Å². The van der Waals surface area contributed by atoms with E-state index in [0.29, 0.717) is 38.8 Å². The Morgan fingerprint density at radius 1 is 1.21 bits per heavy atom. The number of carbonyl (C=O) groups excluding carboxylic acids is 1. The molecule has 0 spiro atoms. The highest BCUT2D eigenvalue weighted by Gasteiger charge is 2.20. The molecule has 9 nitrogen and oxygen atoms in total. The molecule has 1 aromatic carbocycles. The predicted octanol–water partition coefficient (Wildman–Crippen LogP) is 2.19. The van der Waals surface area contributed by atoms with Crippen LogP contribution < -0.4 is 10.5 Å². The Balaban J connectivity index is 1.91. The molecule has 3 N–H and O–H groups in total. The van der Waals surface area contributed by atoms with Gasteiger partial charge in [0.25, 0.3) is 0 Å². The number of carbonyl (C=O) groups is 1. The summed E-state index contributed by atoms with van der Waals surface area (Å²) in [5, 5.41) is 8.92. The van der Waals surface area contributed by atoms with Crippen molar-refractivity contribution in [3.05, 3.63) is 41.0 Å². The summed E-state index contributed by atoms with van der Waals surface area (Å²) in [5.74, 6) is 0.0547. The largest absolute Gasteiger partial charge is 0.459 e. The van der Waals surface area contributed by atoms with Gasteiger partial charge in [-0.1, -0.05) is 0 Å². The molecule has 0 aliphatic heterocycles. The van der Waals surface area contributed by atoms with Gasteiger partial charge in [-0.2, -0.15) is 0 Å². The number of anilines is 2. The minimum atomic E-state index is -3.76. The quantitative estimate of drug-likeness (QED) is 0.437. The van der Waals surface area contributed by atoms with E-state index in [4.69, 9.17) is 14.6 Å². The number of methoxy groups -OCH3 is 1. The third-order valence-electron chi connectivity index (χ3n) is 3.88. The molecule has 0 fully saturated rings.